The Balaban J connectivity index is 1.83. The van der Waals surface area contributed by atoms with Crippen molar-refractivity contribution in [1.82, 2.24) is 19.2 Å². The number of likely N-dealkylation sites (N-methyl/N-ethyl adjacent to an activating group) is 1. The van der Waals surface area contributed by atoms with Gasteiger partial charge < -0.3 is 49.3 Å². The van der Waals surface area contributed by atoms with Gasteiger partial charge in [0, 0.05) is 38.4 Å². The topological polar surface area (TPSA) is 202 Å². The molecule has 0 unspecified atom stereocenters. The van der Waals surface area contributed by atoms with Crippen LogP contribution in [0.1, 0.15) is 80.2 Å². The van der Waals surface area contributed by atoms with Gasteiger partial charge in [-0.2, -0.15) is 17.5 Å². The van der Waals surface area contributed by atoms with Crippen LogP contribution >= 0.6 is 11.6 Å². The summed E-state index contributed by atoms with van der Waals surface area (Å²) >= 11 is 6.07. The number of imidazole rings is 1. The van der Waals surface area contributed by atoms with Crippen molar-refractivity contribution < 1.29 is 65.8 Å². The molecule has 336 valence electrons. The van der Waals surface area contributed by atoms with Crippen LogP contribution < -0.4 is 10.1 Å². The number of carbonyl (C=O) groups excluding carboxylic acids is 1. The number of aliphatic hydroxyl groups is 4. The van der Waals surface area contributed by atoms with Gasteiger partial charge in [0.1, 0.15) is 23.6 Å². The van der Waals surface area contributed by atoms with Crippen LogP contribution in [-0.4, -0.2) is 128 Å². The molecule has 2 fully saturated rings. The van der Waals surface area contributed by atoms with Crippen LogP contribution in [0.25, 0.3) is 0 Å². The van der Waals surface area contributed by atoms with Gasteiger partial charge in [-0.25, -0.2) is 13.4 Å². The predicted molar refractivity (Wildman–Crippen MR) is 210 cm³/mol. The van der Waals surface area contributed by atoms with Crippen molar-refractivity contribution in [2.24, 2.45) is 24.8 Å². The van der Waals surface area contributed by atoms with Crippen LogP contribution in [0.2, 0.25) is 5.02 Å². The lowest BCUT2D eigenvalue weighted by molar-refractivity contribution is -0.293. The Morgan fingerprint density at radius 3 is 2.34 bits per heavy atom. The number of carbonyl (C=O) groups is 1. The van der Waals surface area contributed by atoms with Crippen LogP contribution in [0.15, 0.2) is 35.7 Å². The highest BCUT2D eigenvalue weighted by atomic mass is 35.5. The molecule has 0 spiro atoms. The van der Waals surface area contributed by atoms with Crippen LogP contribution in [0.4, 0.5) is 13.2 Å². The van der Waals surface area contributed by atoms with E-state index in [0.29, 0.717) is 0 Å². The molecule has 5 N–H and O–H groups in total. The molecule has 3 heterocycles. The molecule has 15 nitrogen and oxygen atoms in total. The van der Waals surface area contributed by atoms with Crippen molar-refractivity contribution in [3.05, 3.63) is 41.2 Å². The number of benzene rings is 1. The number of hydrogen-bond acceptors (Lipinski definition) is 13. The monoisotopic (exact) mass is 884 g/mol. The van der Waals surface area contributed by atoms with E-state index in [0.717, 1.165) is 22.5 Å². The average molecular weight is 885 g/mol. The number of alkyl halides is 3. The Labute approximate surface area is 349 Å². The lowest BCUT2D eigenvalue weighted by Gasteiger charge is -2.47. The van der Waals surface area contributed by atoms with E-state index >= 15 is 0 Å². The molecule has 1 aromatic carbocycles. The number of halogens is 4. The fourth-order valence-corrected chi connectivity index (χ4v) is 9.90. The standard InChI is InChI=1S/C39H60ClF3N4O11S/c1-11-29-38(8,52)32(49)24(6)45-19-20(2)18-37(7,51)33(22(4)30(48)23(5)34(50)57-29)58-35-31(56-25-12-13-26(27(40)17-25)39(41,42)43)28(16-21(3)55-35)47(10)59(53,54)36-44-14-15-46(36)9/h12-15,17,20-24,28-33,35,45,48-49,51-52H,11,16,18-19H2,1-10H3/t20-,21-,22+,23-,24-,28+,29-,30+,31-,32-,33-,35+,37-,38-/m1/s1. The first-order valence-electron chi connectivity index (χ1n) is 19.7. The number of aliphatic hydroxyl groups excluding tert-OH is 2. The summed E-state index contributed by atoms with van der Waals surface area (Å²) in [4.78, 5) is 17.6. The third-order valence-electron chi connectivity index (χ3n) is 11.7. The molecular formula is C39H60ClF3N4O11S. The summed E-state index contributed by atoms with van der Waals surface area (Å²) in [6.07, 6.45) is -11.1. The van der Waals surface area contributed by atoms with Crippen molar-refractivity contribution in [1.29, 1.82) is 0 Å². The molecule has 2 aliphatic rings. The number of aromatic nitrogens is 2. The second kappa shape index (κ2) is 18.8. The fourth-order valence-electron chi connectivity index (χ4n) is 8.19. The number of rotatable bonds is 8. The minimum atomic E-state index is -4.78. The smallest absolute Gasteiger partial charge is 0.417 e. The van der Waals surface area contributed by atoms with E-state index in [-0.39, 0.29) is 42.6 Å². The molecule has 59 heavy (non-hydrogen) atoms. The molecule has 0 amide bonds. The van der Waals surface area contributed by atoms with Crippen molar-refractivity contribution in [3.63, 3.8) is 0 Å². The quantitative estimate of drug-likeness (QED) is 0.240. The number of esters is 1. The van der Waals surface area contributed by atoms with Gasteiger partial charge in [0.2, 0.25) is 5.16 Å². The SMILES string of the molecule is CC[C@H]1OC(=O)[C@H](C)[C@@H](O)[C@H](C)[C@@H](O[C@@H]2O[C@H](C)C[C@H](N(C)S(=O)(=O)c3nccn3C)[C@H]2Oc2ccc(C(F)(F)F)c(Cl)c2)[C@](C)(O)C[C@@H](C)CN[C@H](C)[C@@H](O)[C@]1(C)O. The molecule has 4 rings (SSSR count). The first kappa shape index (κ1) is 49.1. The summed E-state index contributed by atoms with van der Waals surface area (Å²) in [5.41, 5.74) is -4.83. The predicted octanol–water partition coefficient (Wildman–Crippen LogP) is 3.88. The summed E-state index contributed by atoms with van der Waals surface area (Å²) in [7, 11) is -1.56. The molecule has 0 saturated carbocycles. The van der Waals surface area contributed by atoms with Crippen LogP contribution in [-0.2, 0) is 42.3 Å². The summed E-state index contributed by atoms with van der Waals surface area (Å²) in [5, 5.41) is 49.0. The maximum atomic E-state index is 14.1. The van der Waals surface area contributed by atoms with Gasteiger partial charge in [0.05, 0.1) is 46.5 Å². The van der Waals surface area contributed by atoms with Gasteiger partial charge in [-0.05, 0) is 84.5 Å². The number of ether oxygens (including phenoxy) is 4. The van der Waals surface area contributed by atoms with Crippen LogP contribution in [0.3, 0.4) is 0 Å². The molecule has 2 aromatic rings. The van der Waals surface area contributed by atoms with Crippen molar-refractivity contribution in [2.75, 3.05) is 13.6 Å². The van der Waals surface area contributed by atoms with Crippen LogP contribution in [0, 0.1) is 17.8 Å². The number of nitrogens with zero attached hydrogens (tertiary/aromatic N) is 3. The minimum absolute atomic E-state index is 0.0102. The van der Waals surface area contributed by atoms with Crippen molar-refractivity contribution in [3.8, 4) is 5.75 Å². The number of sulfonamides is 1. The van der Waals surface area contributed by atoms with E-state index in [4.69, 9.17) is 30.5 Å². The molecule has 1 aromatic heterocycles. The van der Waals surface area contributed by atoms with E-state index in [1.165, 1.54) is 51.8 Å². The zero-order chi connectivity index (χ0) is 44.6. The number of hydrogen-bond donors (Lipinski definition) is 5. The second-order valence-electron chi connectivity index (χ2n) is 16.7. The van der Waals surface area contributed by atoms with E-state index in [9.17, 15) is 46.8 Å². The number of aryl methyl sites for hydroxylation is 1. The maximum Gasteiger partial charge on any atom is 0.417 e. The average Bonchev–Trinajstić information content (AvgIpc) is 3.59. The van der Waals surface area contributed by atoms with E-state index < -0.39 is 111 Å². The largest absolute Gasteiger partial charge is 0.483 e. The Morgan fingerprint density at radius 2 is 1.78 bits per heavy atom. The van der Waals surface area contributed by atoms with Crippen molar-refractivity contribution >= 4 is 27.6 Å². The lowest BCUT2D eigenvalue weighted by atomic mass is 9.78. The molecular weight excluding hydrogens is 825 g/mol. The van der Waals surface area contributed by atoms with Gasteiger partial charge in [0.15, 0.2) is 12.4 Å². The Morgan fingerprint density at radius 1 is 1.14 bits per heavy atom. The number of cyclic esters (lactones) is 1. The normalized spacial score (nSPS) is 37.4. The number of nitrogens with one attached hydrogen (secondary N) is 1. The van der Waals surface area contributed by atoms with E-state index in [2.05, 4.69) is 10.3 Å². The summed E-state index contributed by atoms with van der Waals surface area (Å²) in [6.45, 7) is 12.8. The van der Waals surface area contributed by atoms with Gasteiger partial charge in [-0.3, -0.25) is 4.79 Å². The summed E-state index contributed by atoms with van der Waals surface area (Å²) in [6, 6.07) is 0.875. The Kier molecular flexibility index (Phi) is 15.6. The van der Waals surface area contributed by atoms with E-state index in [1.807, 2.05) is 6.92 Å². The molecule has 2 saturated heterocycles. The first-order chi connectivity index (χ1) is 27.1. The van der Waals surface area contributed by atoms with Crippen molar-refractivity contribution in [2.45, 2.75) is 152 Å². The van der Waals surface area contributed by atoms with Gasteiger partial charge in [-0.1, -0.05) is 32.4 Å². The molecule has 0 aliphatic carbocycles. The van der Waals surface area contributed by atoms with Gasteiger partial charge >= 0.3 is 12.1 Å². The first-order valence-corrected chi connectivity index (χ1v) is 21.5. The van der Waals surface area contributed by atoms with Gasteiger partial charge in [-0.15, -0.1) is 0 Å². The third kappa shape index (κ3) is 10.9. The third-order valence-corrected chi connectivity index (χ3v) is 13.9. The fraction of sp³-hybridized carbons (Fsp3) is 0.744. The Hall–Kier alpha value is -2.59. The second-order valence-corrected chi connectivity index (χ2v) is 19.0. The molecule has 0 radical (unpaired) electrons. The maximum absolute atomic E-state index is 14.1. The molecule has 0 bridgehead atoms. The van der Waals surface area contributed by atoms with E-state index in [1.54, 1.807) is 27.7 Å². The highest BCUT2D eigenvalue weighted by molar-refractivity contribution is 7.89. The molecule has 14 atom stereocenters. The highest BCUT2D eigenvalue weighted by Crippen LogP contribution is 2.40. The summed E-state index contributed by atoms with van der Waals surface area (Å²) < 4.78 is 96.4. The molecule has 2 aliphatic heterocycles. The Bertz CT molecular complexity index is 1850. The highest BCUT2D eigenvalue weighted by Gasteiger charge is 2.52. The zero-order valence-electron chi connectivity index (χ0n) is 35.1. The lowest BCUT2D eigenvalue weighted by Crippen LogP contribution is -2.61. The van der Waals surface area contributed by atoms with Crippen LogP contribution in [0.5, 0.6) is 5.75 Å². The van der Waals surface area contributed by atoms with Gasteiger partial charge in [0.25, 0.3) is 10.0 Å². The molecule has 20 heteroatoms. The summed E-state index contributed by atoms with van der Waals surface area (Å²) in [5.74, 6) is -3.76. The minimum Gasteiger partial charge on any atom is -0.483 e. The zero-order valence-corrected chi connectivity index (χ0v) is 36.6.